The summed E-state index contributed by atoms with van der Waals surface area (Å²) in [6.07, 6.45) is -8.26. The van der Waals surface area contributed by atoms with Crippen LogP contribution in [0.4, 0.5) is 26.3 Å². The molecule has 1 unspecified atom stereocenters. The zero-order valence-corrected chi connectivity index (χ0v) is 16.7. The second-order valence-electron chi connectivity index (χ2n) is 7.88. The third kappa shape index (κ3) is 5.20. The van der Waals surface area contributed by atoms with Gasteiger partial charge in [0.05, 0.1) is 11.5 Å². The molecule has 1 aliphatic carbocycles. The van der Waals surface area contributed by atoms with Crippen LogP contribution >= 0.6 is 0 Å². The largest absolute Gasteiger partial charge is 0.483 e. The monoisotopic (exact) mass is 474 g/mol. The number of fused-ring (bicyclic) bond motifs is 1. The average Bonchev–Trinajstić information content (AvgIpc) is 3.42. The molecule has 1 N–H and O–H groups in total. The topological polar surface area (TPSA) is 85.5 Å². The minimum absolute atomic E-state index is 0.0433. The van der Waals surface area contributed by atoms with Crippen molar-refractivity contribution >= 4 is 17.0 Å². The van der Waals surface area contributed by atoms with Crippen LogP contribution in [0.15, 0.2) is 35.0 Å². The molecule has 0 saturated heterocycles. The van der Waals surface area contributed by atoms with E-state index in [2.05, 4.69) is 14.9 Å². The van der Waals surface area contributed by atoms with Gasteiger partial charge in [-0.25, -0.2) is 4.63 Å². The molecule has 3 aromatic rings. The number of ether oxygens (including phenoxy) is 1. The normalized spacial score (nSPS) is 15.6. The number of rotatable bonds is 7. The Balaban J connectivity index is 1.92. The van der Waals surface area contributed by atoms with Gasteiger partial charge in [-0.2, -0.15) is 26.3 Å². The SMILES string of the molecule is O=C(O)C(CC1CC1)c1cc(OCC(F)(F)F)c(-c2ccc3nonc3c2)c(C(F)(F)F)c1. The van der Waals surface area contributed by atoms with E-state index in [4.69, 9.17) is 4.74 Å². The van der Waals surface area contributed by atoms with E-state index >= 15 is 0 Å². The number of alkyl halides is 6. The lowest BCUT2D eigenvalue weighted by atomic mass is 9.88. The van der Waals surface area contributed by atoms with Crippen molar-refractivity contribution in [2.24, 2.45) is 5.92 Å². The van der Waals surface area contributed by atoms with Gasteiger partial charge in [-0.3, -0.25) is 4.79 Å². The molecule has 176 valence electrons. The first-order valence-corrected chi connectivity index (χ1v) is 9.82. The molecule has 0 amide bonds. The number of halogens is 6. The van der Waals surface area contributed by atoms with E-state index in [0.717, 1.165) is 18.9 Å². The smallest absolute Gasteiger partial charge is 0.422 e. The molecule has 0 aliphatic heterocycles. The lowest BCUT2D eigenvalue weighted by Gasteiger charge is -2.22. The first kappa shape index (κ1) is 22.9. The Kier molecular flexibility index (Phi) is 5.71. The van der Waals surface area contributed by atoms with Gasteiger partial charge in [0, 0.05) is 5.56 Å². The maximum absolute atomic E-state index is 14.1. The van der Waals surface area contributed by atoms with Crippen LogP contribution < -0.4 is 4.74 Å². The molecule has 1 heterocycles. The molecule has 6 nitrogen and oxygen atoms in total. The second kappa shape index (κ2) is 8.23. The molecule has 1 aromatic heterocycles. The van der Waals surface area contributed by atoms with Crippen molar-refractivity contribution in [2.45, 2.75) is 37.5 Å². The van der Waals surface area contributed by atoms with Crippen molar-refractivity contribution < 1.29 is 45.6 Å². The molecular formula is C21H16F6N2O4. The molecule has 2 aromatic carbocycles. The highest BCUT2D eigenvalue weighted by Crippen LogP contribution is 2.47. The molecule has 4 rings (SSSR count). The predicted molar refractivity (Wildman–Crippen MR) is 102 cm³/mol. The van der Waals surface area contributed by atoms with Gasteiger partial charge < -0.3 is 9.84 Å². The second-order valence-corrected chi connectivity index (χ2v) is 7.88. The van der Waals surface area contributed by atoms with Crippen LogP contribution in [0.3, 0.4) is 0 Å². The zero-order valence-electron chi connectivity index (χ0n) is 16.7. The summed E-state index contributed by atoms with van der Waals surface area (Å²) in [7, 11) is 0. The highest BCUT2D eigenvalue weighted by Gasteiger charge is 2.39. The third-order valence-corrected chi connectivity index (χ3v) is 5.33. The lowest BCUT2D eigenvalue weighted by molar-refractivity contribution is -0.153. The Bertz CT molecular complexity index is 1180. The van der Waals surface area contributed by atoms with Crippen molar-refractivity contribution in [3.05, 3.63) is 41.5 Å². The van der Waals surface area contributed by atoms with Gasteiger partial charge in [-0.15, -0.1) is 0 Å². The number of nitrogens with zero attached hydrogens (tertiary/aromatic N) is 2. The van der Waals surface area contributed by atoms with E-state index in [9.17, 15) is 36.2 Å². The van der Waals surface area contributed by atoms with Crippen LogP contribution in [-0.4, -0.2) is 34.2 Å². The summed E-state index contributed by atoms with van der Waals surface area (Å²) in [6, 6.07) is 5.31. The molecule has 1 saturated carbocycles. The van der Waals surface area contributed by atoms with Crippen LogP contribution in [-0.2, 0) is 11.0 Å². The van der Waals surface area contributed by atoms with Gasteiger partial charge in [0.2, 0.25) is 0 Å². The first-order chi connectivity index (χ1) is 15.4. The maximum atomic E-state index is 14.1. The summed E-state index contributed by atoms with van der Waals surface area (Å²) in [6.45, 7) is -1.85. The number of carboxylic acids is 1. The average molecular weight is 474 g/mol. The fraction of sp³-hybridized carbons (Fsp3) is 0.381. The third-order valence-electron chi connectivity index (χ3n) is 5.33. The van der Waals surface area contributed by atoms with Gasteiger partial charge >= 0.3 is 18.3 Å². The summed E-state index contributed by atoms with van der Waals surface area (Å²) in [4.78, 5) is 11.8. The minimum Gasteiger partial charge on any atom is -0.483 e. The maximum Gasteiger partial charge on any atom is 0.422 e. The Hall–Kier alpha value is -3.31. The van der Waals surface area contributed by atoms with Gasteiger partial charge in [0.15, 0.2) is 6.61 Å². The number of benzene rings is 2. The number of carbonyl (C=O) groups is 1. The highest BCUT2D eigenvalue weighted by atomic mass is 19.4. The van der Waals surface area contributed by atoms with E-state index in [1.165, 1.54) is 18.2 Å². The number of hydrogen-bond acceptors (Lipinski definition) is 5. The summed E-state index contributed by atoms with van der Waals surface area (Å²) in [5.41, 5.74) is -2.05. The molecule has 0 radical (unpaired) electrons. The van der Waals surface area contributed by atoms with E-state index in [0.29, 0.717) is 6.07 Å². The van der Waals surface area contributed by atoms with Crippen LogP contribution in [0, 0.1) is 5.92 Å². The van der Waals surface area contributed by atoms with Crippen molar-refractivity contribution in [2.75, 3.05) is 6.61 Å². The molecule has 1 atom stereocenters. The van der Waals surface area contributed by atoms with Crippen molar-refractivity contribution in [3.8, 4) is 16.9 Å². The Morgan fingerprint density at radius 2 is 1.79 bits per heavy atom. The van der Waals surface area contributed by atoms with E-state index in [-0.39, 0.29) is 34.5 Å². The zero-order chi connectivity index (χ0) is 24.0. The standard InChI is InChI=1S/C21H16F6N2O4/c22-20(23,24)9-32-17-8-12(13(19(30)31)5-10-1-2-10)6-14(21(25,26)27)18(17)11-3-4-15-16(7-11)29-33-28-15/h3-4,6-8,10,13H,1-2,5,9H2,(H,30,31). The van der Waals surface area contributed by atoms with Crippen molar-refractivity contribution in [1.29, 1.82) is 0 Å². The fourth-order valence-electron chi connectivity index (χ4n) is 3.64. The summed E-state index contributed by atoms with van der Waals surface area (Å²) < 4.78 is 90.2. The molecule has 1 fully saturated rings. The predicted octanol–water partition coefficient (Wildman–Crippen LogP) is 5.82. The van der Waals surface area contributed by atoms with Crippen LogP contribution in [0.1, 0.15) is 36.3 Å². The Morgan fingerprint density at radius 1 is 1.09 bits per heavy atom. The van der Waals surface area contributed by atoms with Crippen LogP contribution in [0.2, 0.25) is 0 Å². The molecule has 33 heavy (non-hydrogen) atoms. The van der Waals surface area contributed by atoms with Crippen molar-refractivity contribution in [1.82, 2.24) is 10.3 Å². The van der Waals surface area contributed by atoms with Gasteiger partial charge in [0.1, 0.15) is 16.8 Å². The van der Waals surface area contributed by atoms with E-state index in [1.54, 1.807) is 0 Å². The number of hydrogen-bond donors (Lipinski definition) is 1. The van der Waals surface area contributed by atoms with E-state index < -0.39 is 47.7 Å². The number of aliphatic carboxylic acids is 1. The summed E-state index contributed by atoms with van der Waals surface area (Å²) >= 11 is 0. The van der Waals surface area contributed by atoms with Crippen LogP contribution in [0.25, 0.3) is 22.2 Å². The summed E-state index contributed by atoms with van der Waals surface area (Å²) in [5.74, 6) is -3.36. The van der Waals surface area contributed by atoms with Crippen molar-refractivity contribution in [3.63, 3.8) is 0 Å². The highest BCUT2D eigenvalue weighted by molar-refractivity contribution is 5.85. The minimum atomic E-state index is -5.01. The molecule has 0 spiro atoms. The molecule has 12 heteroatoms. The fourth-order valence-corrected chi connectivity index (χ4v) is 3.64. The van der Waals surface area contributed by atoms with Gasteiger partial charge in [0.25, 0.3) is 0 Å². The lowest BCUT2D eigenvalue weighted by Crippen LogP contribution is -2.21. The first-order valence-electron chi connectivity index (χ1n) is 9.82. The quantitative estimate of drug-likeness (QED) is 0.435. The number of carboxylic acid groups (broad SMARTS) is 1. The Morgan fingerprint density at radius 3 is 2.39 bits per heavy atom. The molecule has 0 bridgehead atoms. The van der Waals surface area contributed by atoms with Gasteiger partial charge in [-0.05, 0) is 58.0 Å². The van der Waals surface area contributed by atoms with Crippen LogP contribution in [0.5, 0.6) is 5.75 Å². The Labute approximate surface area is 182 Å². The molecule has 1 aliphatic rings. The molecular weight excluding hydrogens is 458 g/mol. The van der Waals surface area contributed by atoms with Gasteiger partial charge in [-0.1, -0.05) is 18.9 Å². The summed E-state index contributed by atoms with van der Waals surface area (Å²) in [5, 5.41) is 16.7. The number of aromatic nitrogens is 2. The van der Waals surface area contributed by atoms with E-state index in [1.807, 2.05) is 0 Å².